The van der Waals surface area contributed by atoms with Crippen molar-refractivity contribution in [2.45, 2.75) is 45.6 Å². The third-order valence-corrected chi connectivity index (χ3v) is 4.41. The molecule has 5 heteroatoms. The van der Waals surface area contributed by atoms with E-state index in [2.05, 4.69) is 16.6 Å². The van der Waals surface area contributed by atoms with Crippen LogP contribution >= 0.6 is 11.5 Å². The zero-order valence-corrected chi connectivity index (χ0v) is 11.0. The minimum Gasteiger partial charge on any atom is -0.478 e. The van der Waals surface area contributed by atoms with Crippen molar-refractivity contribution in [3.8, 4) is 0 Å². The highest BCUT2D eigenvalue weighted by molar-refractivity contribution is 7.10. The van der Waals surface area contributed by atoms with E-state index in [9.17, 15) is 4.79 Å². The molecule has 0 radical (unpaired) electrons. The highest BCUT2D eigenvalue weighted by Gasteiger charge is 2.24. The summed E-state index contributed by atoms with van der Waals surface area (Å²) in [5.41, 5.74) is 0.934. The van der Waals surface area contributed by atoms with E-state index in [1.54, 1.807) is 6.92 Å². The number of hydrogen-bond acceptors (Lipinski definition) is 4. The van der Waals surface area contributed by atoms with Gasteiger partial charge in [0.2, 0.25) is 0 Å². The van der Waals surface area contributed by atoms with Gasteiger partial charge in [-0.1, -0.05) is 12.8 Å². The molecule has 0 aromatic carbocycles. The van der Waals surface area contributed by atoms with E-state index < -0.39 is 5.97 Å². The van der Waals surface area contributed by atoms with E-state index in [1.807, 2.05) is 0 Å². The zero-order chi connectivity index (χ0) is 12.4. The third-order valence-electron chi connectivity index (χ3n) is 3.54. The Morgan fingerprint density at radius 3 is 2.76 bits per heavy atom. The largest absolute Gasteiger partial charge is 0.478 e. The van der Waals surface area contributed by atoms with Crippen LogP contribution in [0.4, 0.5) is 5.00 Å². The van der Waals surface area contributed by atoms with Crippen molar-refractivity contribution in [1.82, 2.24) is 4.37 Å². The second kappa shape index (κ2) is 5.04. The van der Waals surface area contributed by atoms with Gasteiger partial charge in [0, 0.05) is 6.04 Å². The SMILES string of the molecule is Cc1nsc(NC(C)C2CCCC2)c1C(=O)O. The van der Waals surface area contributed by atoms with Gasteiger partial charge in [-0.3, -0.25) is 0 Å². The quantitative estimate of drug-likeness (QED) is 0.866. The fraction of sp³-hybridized carbons (Fsp3) is 0.667. The Hall–Kier alpha value is -1.10. The second-order valence-corrected chi connectivity index (χ2v) is 5.53. The molecule has 1 heterocycles. The number of nitrogens with zero attached hydrogens (tertiary/aromatic N) is 1. The first-order chi connectivity index (χ1) is 8.09. The molecule has 1 fully saturated rings. The van der Waals surface area contributed by atoms with E-state index in [0.717, 1.165) is 0 Å². The smallest absolute Gasteiger partial charge is 0.340 e. The van der Waals surface area contributed by atoms with Gasteiger partial charge < -0.3 is 10.4 Å². The Morgan fingerprint density at radius 1 is 1.53 bits per heavy atom. The predicted molar refractivity (Wildman–Crippen MR) is 68.9 cm³/mol. The number of nitrogens with one attached hydrogen (secondary N) is 1. The number of anilines is 1. The molecule has 1 unspecified atom stereocenters. The molecule has 2 N–H and O–H groups in total. The van der Waals surface area contributed by atoms with Crippen LogP contribution in [0.1, 0.15) is 48.7 Å². The first kappa shape index (κ1) is 12.4. The number of aromatic nitrogens is 1. The lowest BCUT2D eigenvalue weighted by Gasteiger charge is -2.20. The summed E-state index contributed by atoms with van der Waals surface area (Å²) in [7, 11) is 0. The van der Waals surface area contributed by atoms with Crippen LogP contribution in [0, 0.1) is 12.8 Å². The van der Waals surface area contributed by atoms with Crippen molar-refractivity contribution in [3.63, 3.8) is 0 Å². The van der Waals surface area contributed by atoms with Crippen molar-refractivity contribution in [2.75, 3.05) is 5.32 Å². The molecular formula is C12H18N2O2S. The molecular weight excluding hydrogens is 236 g/mol. The van der Waals surface area contributed by atoms with Gasteiger partial charge in [-0.05, 0) is 44.1 Å². The maximum absolute atomic E-state index is 11.1. The molecule has 17 heavy (non-hydrogen) atoms. The van der Waals surface area contributed by atoms with Gasteiger partial charge in [0.25, 0.3) is 0 Å². The Balaban J connectivity index is 2.10. The van der Waals surface area contributed by atoms with Crippen molar-refractivity contribution < 1.29 is 9.90 Å². The number of aromatic carboxylic acids is 1. The third kappa shape index (κ3) is 2.60. The molecule has 1 saturated carbocycles. The van der Waals surface area contributed by atoms with Crippen LogP contribution in [0.15, 0.2) is 0 Å². The molecule has 4 nitrogen and oxygen atoms in total. The molecule has 0 spiro atoms. The molecule has 94 valence electrons. The molecule has 0 bridgehead atoms. The van der Waals surface area contributed by atoms with Crippen LogP contribution in [0.2, 0.25) is 0 Å². The fourth-order valence-electron chi connectivity index (χ4n) is 2.50. The number of aryl methyl sites for hydroxylation is 1. The standard InChI is InChI=1S/C12H18N2O2S/c1-7(9-5-3-4-6-9)13-11-10(12(15)16)8(2)14-17-11/h7,9,13H,3-6H2,1-2H3,(H,15,16). The summed E-state index contributed by atoms with van der Waals surface area (Å²) in [5.74, 6) is -0.226. The summed E-state index contributed by atoms with van der Waals surface area (Å²) in [4.78, 5) is 11.1. The van der Waals surface area contributed by atoms with Gasteiger partial charge in [0.05, 0.1) is 5.69 Å². The van der Waals surface area contributed by atoms with Crippen LogP contribution in [-0.4, -0.2) is 21.5 Å². The second-order valence-electron chi connectivity index (χ2n) is 4.75. The minimum atomic E-state index is -0.891. The fourth-order valence-corrected chi connectivity index (χ4v) is 3.39. The zero-order valence-electron chi connectivity index (χ0n) is 10.2. The van der Waals surface area contributed by atoms with Crippen molar-refractivity contribution in [2.24, 2.45) is 5.92 Å². The number of hydrogen-bond donors (Lipinski definition) is 2. The van der Waals surface area contributed by atoms with Crippen LogP contribution in [0.5, 0.6) is 0 Å². The molecule has 0 saturated heterocycles. The van der Waals surface area contributed by atoms with Crippen molar-refractivity contribution in [1.29, 1.82) is 0 Å². The summed E-state index contributed by atoms with van der Waals surface area (Å²) in [6.45, 7) is 3.88. The Labute approximate surface area is 105 Å². The lowest BCUT2D eigenvalue weighted by Crippen LogP contribution is -2.24. The van der Waals surface area contributed by atoms with Gasteiger partial charge in [-0.25, -0.2) is 4.79 Å². The Morgan fingerprint density at radius 2 is 2.18 bits per heavy atom. The molecule has 1 aliphatic carbocycles. The average Bonchev–Trinajstić information content (AvgIpc) is 2.87. The van der Waals surface area contributed by atoms with Crippen LogP contribution in [0.25, 0.3) is 0 Å². The van der Waals surface area contributed by atoms with Gasteiger partial charge in [0.15, 0.2) is 0 Å². The van der Waals surface area contributed by atoms with Crippen LogP contribution in [-0.2, 0) is 0 Å². The molecule has 1 aromatic rings. The van der Waals surface area contributed by atoms with Crippen molar-refractivity contribution in [3.05, 3.63) is 11.3 Å². The first-order valence-corrected chi connectivity index (χ1v) is 6.83. The summed E-state index contributed by atoms with van der Waals surface area (Å²) in [6.07, 6.45) is 5.08. The summed E-state index contributed by atoms with van der Waals surface area (Å²) >= 11 is 1.25. The van der Waals surface area contributed by atoms with E-state index in [-0.39, 0.29) is 0 Å². The van der Waals surface area contributed by atoms with Crippen LogP contribution in [0.3, 0.4) is 0 Å². The highest BCUT2D eigenvalue weighted by atomic mass is 32.1. The van der Waals surface area contributed by atoms with E-state index >= 15 is 0 Å². The number of carboxylic acids is 1. The van der Waals surface area contributed by atoms with Gasteiger partial charge in [-0.15, -0.1) is 0 Å². The monoisotopic (exact) mass is 254 g/mol. The molecule has 1 aromatic heterocycles. The number of carbonyl (C=O) groups is 1. The van der Waals surface area contributed by atoms with Crippen LogP contribution < -0.4 is 5.32 Å². The molecule has 0 aliphatic heterocycles. The predicted octanol–water partition coefficient (Wildman–Crippen LogP) is 3.14. The Kier molecular flexibility index (Phi) is 3.66. The molecule has 2 rings (SSSR count). The number of carboxylic acid groups (broad SMARTS) is 1. The normalized spacial score (nSPS) is 18.2. The maximum atomic E-state index is 11.1. The van der Waals surface area contributed by atoms with E-state index in [0.29, 0.717) is 28.2 Å². The molecule has 1 atom stereocenters. The average molecular weight is 254 g/mol. The topological polar surface area (TPSA) is 62.2 Å². The van der Waals surface area contributed by atoms with E-state index in [4.69, 9.17) is 5.11 Å². The summed E-state index contributed by atoms with van der Waals surface area (Å²) < 4.78 is 4.12. The Bertz CT molecular complexity index is 411. The maximum Gasteiger partial charge on any atom is 0.340 e. The molecule has 0 amide bonds. The first-order valence-electron chi connectivity index (χ1n) is 6.05. The van der Waals surface area contributed by atoms with Gasteiger partial charge >= 0.3 is 5.97 Å². The van der Waals surface area contributed by atoms with Gasteiger partial charge in [-0.2, -0.15) is 4.37 Å². The molecule has 1 aliphatic rings. The van der Waals surface area contributed by atoms with Gasteiger partial charge in [0.1, 0.15) is 10.6 Å². The van der Waals surface area contributed by atoms with E-state index in [1.165, 1.54) is 37.2 Å². The summed E-state index contributed by atoms with van der Waals surface area (Å²) in [5, 5.41) is 13.2. The number of rotatable bonds is 4. The van der Waals surface area contributed by atoms with Crippen molar-refractivity contribution >= 4 is 22.5 Å². The summed E-state index contributed by atoms with van der Waals surface area (Å²) in [6, 6.07) is 0.329. The lowest BCUT2D eigenvalue weighted by molar-refractivity contribution is 0.0697. The minimum absolute atomic E-state index is 0.329. The highest BCUT2D eigenvalue weighted by Crippen LogP contribution is 2.32. The lowest BCUT2D eigenvalue weighted by atomic mass is 10.00.